The van der Waals surface area contributed by atoms with Crippen LogP contribution in [0.5, 0.6) is 0 Å². The minimum Gasteiger partial charge on any atom is -0.449 e. The molecule has 0 amide bonds. The zero-order valence-electron chi connectivity index (χ0n) is 6.93. The first-order valence-electron chi connectivity index (χ1n) is 3.41. The molecule has 0 saturated carbocycles. The average molecular weight is 178 g/mol. The van der Waals surface area contributed by atoms with Crippen LogP contribution in [0, 0.1) is 0 Å². The molecule has 0 aromatic rings. The van der Waals surface area contributed by atoms with Crippen LogP contribution in [-0.4, -0.2) is 34.7 Å². The lowest BCUT2D eigenvalue weighted by atomic mass is 10.5. The van der Waals surface area contributed by atoms with Gasteiger partial charge in [-0.15, -0.1) is 0 Å². The lowest BCUT2D eigenvalue weighted by Crippen LogP contribution is -1.90. The fourth-order valence-electron chi connectivity index (χ4n) is 0.197. The minimum atomic E-state index is -1.28. The molecule has 0 aromatic carbocycles. The molecular weight excluding hydrogens is 164 g/mol. The SMILES string of the molecule is C/C=C/OC(=O)O.OCCCO. The third kappa shape index (κ3) is 23.1. The van der Waals surface area contributed by atoms with Gasteiger partial charge in [0.25, 0.3) is 0 Å². The Balaban J connectivity index is 0. The molecule has 12 heavy (non-hydrogen) atoms. The van der Waals surface area contributed by atoms with E-state index in [1.54, 1.807) is 6.92 Å². The van der Waals surface area contributed by atoms with Gasteiger partial charge < -0.3 is 20.1 Å². The van der Waals surface area contributed by atoms with Crippen molar-refractivity contribution in [3.05, 3.63) is 12.3 Å². The summed E-state index contributed by atoms with van der Waals surface area (Å²) >= 11 is 0. The van der Waals surface area contributed by atoms with Crippen molar-refractivity contribution in [2.45, 2.75) is 13.3 Å². The summed E-state index contributed by atoms with van der Waals surface area (Å²) in [7, 11) is 0. The van der Waals surface area contributed by atoms with Crippen molar-refractivity contribution < 1.29 is 24.9 Å². The highest BCUT2D eigenvalue weighted by atomic mass is 16.7. The first-order valence-corrected chi connectivity index (χ1v) is 3.41. The van der Waals surface area contributed by atoms with Gasteiger partial charge in [-0.05, 0) is 13.3 Å². The lowest BCUT2D eigenvalue weighted by Gasteiger charge is -1.83. The average Bonchev–Trinajstić information content (AvgIpc) is 2.03. The molecule has 0 atom stereocenters. The van der Waals surface area contributed by atoms with Crippen molar-refractivity contribution in [2.24, 2.45) is 0 Å². The van der Waals surface area contributed by atoms with Crippen LogP contribution in [0.25, 0.3) is 0 Å². The molecule has 3 N–H and O–H groups in total. The Morgan fingerprint density at radius 1 is 1.42 bits per heavy atom. The summed E-state index contributed by atoms with van der Waals surface area (Å²) in [6.45, 7) is 1.86. The van der Waals surface area contributed by atoms with Crippen molar-refractivity contribution in [3.63, 3.8) is 0 Å². The number of carboxylic acid groups (broad SMARTS) is 1. The van der Waals surface area contributed by atoms with Gasteiger partial charge in [-0.2, -0.15) is 0 Å². The third-order valence-electron chi connectivity index (χ3n) is 0.621. The zero-order valence-corrected chi connectivity index (χ0v) is 6.93. The van der Waals surface area contributed by atoms with Crippen molar-refractivity contribution >= 4 is 6.16 Å². The van der Waals surface area contributed by atoms with E-state index in [-0.39, 0.29) is 13.2 Å². The van der Waals surface area contributed by atoms with E-state index in [0.29, 0.717) is 6.42 Å². The van der Waals surface area contributed by atoms with E-state index in [4.69, 9.17) is 15.3 Å². The summed E-state index contributed by atoms with van der Waals surface area (Å²) in [4.78, 5) is 9.48. The fraction of sp³-hybridized carbons (Fsp3) is 0.571. The molecule has 0 fully saturated rings. The van der Waals surface area contributed by atoms with E-state index in [1.165, 1.54) is 6.08 Å². The molecule has 0 unspecified atom stereocenters. The first kappa shape index (κ1) is 13.5. The smallest absolute Gasteiger partial charge is 0.449 e. The van der Waals surface area contributed by atoms with Gasteiger partial charge in [0.05, 0.1) is 6.26 Å². The number of rotatable bonds is 3. The van der Waals surface area contributed by atoms with Crippen molar-refractivity contribution in [2.75, 3.05) is 13.2 Å². The van der Waals surface area contributed by atoms with Crippen molar-refractivity contribution in [1.29, 1.82) is 0 Å². The van der Waals surface area contributed by atoms with Gasteiger partial charge in [-0.25, -0.2) is 4.79 Å². The number of aliphatic hydroxyl groups excluding tert-OH is 2. The third-order valence-corrected chi connectivity index (χ3v) is 0.621. The summed E-state index contributed by atoms with van der Waals surface area (Å²) in [5.74, 6) is 0. The Morgan fingerprint density at radius 2 is 1.92 bits per heavy atom. The fourth-order valence-corrected chi connectivity index (χ4v) is 0.197. The molecule has 0 aliphatic carbocycles. The highest BCUT2D eigenvalue weighted by Gasteiger charge is 1.85. The zero-order chi connectivity index (χ0) is 9.82. The summed E-state index contributed by atoms with van der Waals surface area (Å²) in [5.41, 5.74) is 0. The molecule has 0 heterocycles. The van der Waals surface area contributed by atoms with E-state index >= 15 is 0 Å². The van der Waals surface area contributed by atoms with E-state index in [9.17, 15) is 4.79 Å². The van der Waals surface area contributed by atoms with Crippen LogP contribution < -0.4 is 0 Å². The van der Waals surface area contributed by atoms with Gasteiger partial charge in [0.15, 0.2) is 0 Å². The van der Waals surface area contributed by atoms with Crippen molar-refractivity contribution in [3.8, 4) is 0 Å². The molecule has 0 aliphatic rings. The summed E-state index contributed by atoms with van der Waals surface area (Å²) in [6.07, 6.45) is 1.81. The molecule has 0 aromatic heterocycles. The van der Waals surface area contributed by atoms with Crippen LogP contribution in [0.3, 0.4) is 0 Å². The first-order chi connectivity index (χ1) is 5.68. The van der Waals surface area contributed by atoms with Gasteiger partial charge in [0, 0.05) is 13.2 Å². The molecule has 5 nitrogen and oxygen atoms in total. The molecule has 0 radical (unpaired) electrons. The standard InChI is InChI=1S/C4H6O3.C3H8O2/c1-2-3-7-4(5)6;4-2-1-3-5/h2-3H,1H3,(H,5,6);4-5H,1-3H2/b3-2+;. The number of hydrogen-bond donors (Lipinski definition) is 3. The summed E-state index contributed by atoms with van der Waals surface area (Å²) in [6, 6.07) is 0. The van der Waals surface area contributed by atoms with Gasteiger partial charge in [0.1, 0.15) is 0 Å². The van der Waals surface area contributed by atoms with Crippen LogP contribution in [0.1, 0.15) is 13.3 Å². The number of allylic oxidation sites excluding steroid dienone is 1. The van der Waals surface area contributed by atoms with Gasteiger partial charge in [-0.3, -0.25) is 0 Å². The second-order valence-electron chi connectivity index (χ2n) is 1.65. The highest BCUT2D eigenvalue weighted by molar-refractivity contribution is 5.57. The van der Waals surface area contributed by atoms with Crippen LogP contribution in [0.2, 0.25) is 0 Å². The molecular formula is C7H14O5. The normalized spacial score (nSPS) is 8.92. The number of aliphatic hydroxyl groups is 2. The molecule has 0 spiro atoms. The Morgan fingerprint density at radius 3 is 2.00 bits per heavy atom. The lowest BCUT2D eigenvalue weighted by molar-refractivity contribution is 0.128. The van der Waals surface area contributed by atoms with E-state index in [0.717, 1.165) is 6.26 Å². The second-order valence-corrected chi connectivity index (χ2v) is 1.65. The maximum absolute atomic E-state index is 9.48. The van der Waals surface area contributed by atoms with Crippen LogP contribution in [0.15, 0.2) is 12.3 Å². The molecule has 0 aliphatic heterocycles. The van der Waals surface area contributed by atoms with E-state index in [1.807, 2.05) is 0 Å². The number of ether oxygens (including phenoxy) is 1. The molecule has 0 saturated heterocycles. The van der Waals surface area contributed by atoms with E-state index in [2.05, 4.69) is 4.74 Å². The summed E-state index contributed by atoms with van der Waals surface area (Å²) in [5, 5.41) is 23.6. The Bertz CT molecular complexity index is 119. The molecule has 0 bridgehead atoms. The monoisotopic (exact) mass is 178 g/mol. The largest absolute Gasteiger partial charge is 0.510 e. The predicted octanol–water partition coefficient (Wildman–Crippen LogP) is 0.576. The molecule has 72 valence electrons. The van der Waals surface area contributed by atoms with Crippen LogP contribution in [0.4, 0.5) is 4.79 Å². The van der Waals surface area contributed by atoms with Crippen LogP contribution >= 0.6 is 0 Å². The Kier molecular flexibility index (Phi) is 14.2. The summed E-state index contributed by atoms with van der Waals surface area (Å²) < 4.78 is 3.93. The quantitative estimate of drug-likeness (QED) is 0.434. The second kappa shape index (κ2) is 12.6. The Labute approximate surface area is 70.9 Å². The minimum absolute atomic E-state index is 0.0938. The highest BCUT2D eigenvalue weighted by Crippen LogP contribution is 1.75. The van der Waals surface area contributed by atoms with Gasteiger partial charge >= 0.3 is 6.16 Å². The van der Waals surface area contributed by atoms with Gasteiger partial charge in [-0.1, -0.05) is 6.08 Å². The topological polar surface area (TPSA) is 87.0 Å². The predicted molar refractivity (Wildman–Crippen MR) is 42.7 cm³/mol. The molecule has 5 heteroatoms. The number of hydrogen-bond acceptors (Lipinski definition) is 4. The van der Waals surface area contributed by atoms with E-state index < -0.39 is 6.16 Å². The van der Waals surface area contributed by atoms with Crippen molar-refractivity contribution in [1.82, 2.24) is 0 Å². The number of carbonyl (C=O) groups is 1. The van der Waals surface area contributed by atoms with Crippen LogP contribution in [-0.2, 0) is 4.74 Å². The molecule has 0 rings (SSSR count). The maximum atomic E-state index is 9.48. The maximum Gasteiger partial charge on any atom is 0.510 e. The van der Waals surface area contributed by atoms with Gasteiger partial charge in [0.2, 0.25) is 0 Å². The Hall–Kier alpha value is -1.07.